The average Bonchev–Trinajstić information content (AvgIpc) is 2.34. The van der Waals surface area contributed by atoms with E-state index in [-0.39, 0.29) is 5.41 Å². The molecule has 2 nitrogen and oxygen atoms in total. The number of nitrogens with zero attached hydrogens (tertiary/aromatic N) is 1. The molecule has 3 heteroatoms. The molecule has 1 heterocycles. The topological polar surface area (TPSA) is 33.0 Å². The van der Waals surface area contributed by atoms with Crippen molar-refractivity contribution in [1.82, 2.24) is 0 Å². The summed E-state index contributed by atoms with van der Waals surface area (Å²) in [5.74, 6) is 1.79. The highest BCUT2D eigenvalue weighted by molar-refractivity contribution is 8.00. The first-order chi connectivity index (χ1) is 7.93. The maximum atomic E-state index is 9.42. The minimum absolute atomic E-state index is 0.114. The maximum absolute atomic E-state index is 9.42. The van der Waals surface area contributed by atoms with Gasteiger partial charge in [0.05, 0.1) is 13.2 Å². The fraction of sp³-hybridized carbons (Fsp3) is 0.500. The molecular weight excluding hydrogens is 230 g/mol. The van der Waals surface area contributed by atoms with E-state index in [1.807, 2.05) is 19.1 Å². The second-order valence-electron chi connectivity index (χ2n) is 5.23. The Morgan fingerprint density at radius 3 is 2.59 bits per heavy atom. The van der Waals surface area contributed by atoms with Gasteiger partial charge in [-0.1, -0.05) is 19.9 Å². The number of rotatable bonds is 1. The molecule has 90 valence electrons. The third-order valence-corrected chi connectivity index (χ3v) is 5.16. The minimum atomic E-state index is -0.459. The Hall–Kier alpha value is -1.14. The van der Waals surface area contributed by atoms with Crippen molar-refractivity contribution in [2.45, 2.75) is 30.9 Å². The lowest BCUT2D eigenvalue weighted by Crippen LogP contribution is -2.34. The SMILES string of the molecule is COc1ccc2c(c1)C(C)(C#N)SCC2(C)C. The van der Waals surface area contributed by atoms with E-state index < -0.39 is 4.75 Å². The van der Waals surface area contributed by atoms with Crippen molar-refractivity contribution >= 4 is 11.8 Å². The molecule has 1 aliphatic heterocycles. The molecule has 1 aromatic rings. The van der Waals surface area contributed by atoms with Crippen LogP contribution in [0.3, 0.4) is 0 Å². The summed E-state index contributed by atoms with van der Waals surface area (Å²) < 4.78 is 4.81. The van der Waals surface area contributed by atoms with Gasteiger partial charge in [-0.2, -0.15) is 5.26 Å². The number of fused-ring (bicyclic) bond motifs is 1. The van der Waals surface area contributed by atoms with Gasteiger partial charge in [0.15, 0.2) is 0 Å². The molecule has 0 radical (unpaired) electrons. The van der Waals surface area contributed by atoms with E-state index in [9.17, 15) is 5.26 Å². The minimum Gasteiger partial charge on any atom is -0.497 e. The van der Waals surface area contributed by atoms with Crippen molar-refractivity contribution in [2.75, 3.05) is 12.9 Å². The summed E-state index contributed by atoms with van der Waals surface area (Å²) in [5.41, 5.74) is 2.48. The molecule has 2 rings (SSSR count). The molecule has 0 saturated heterocycles. The predicted octanol–water partition coefficient (Wildman–Crippen LogP) is 3.46. The Morgan fingerprint density at radius 2 is 2.00 bits per heavy atom. The van der Waals surface area contributed by atoms with Crippen molar-refractivity contribution in [3.05, 3.63) is 29.3 Å². The number of thioether (sulfide) groups is 1. The first-order valence-corrected chi connectivity index (χ1v) is 6.66. The van der Waals surface area contributed by atoms with E-state index in [1.165, 1.54) is 5.56 Å². The molecule has 1 aromatic carbocycles. The smallest absolute Gasteiger partial charge is 0.125 e. The Kier molecular flexibility index (Phi) is 2.87. The number of hydrogen-bond donors (Lipinski definition) is 0. The van der Waals surface area contributed by atoms with Crippen LogP contribution in [0.4, 0.5) is 0 Å². The summed E-state index contributed by atoms with van der Waals surface area (Å²) in [4.78, 5) is 0. The van der Waals surface area contributed by atoms with Gasteiger partial charge in [0.2, 0.25) is 0 Å². The van der Waals surface area contributed by atoms with Crippen LogP contribution in [0.15, 0.2) is 18.2 Å². The second kappa shape index (κ2) is 3.96. The van der Waals surface area contributed by atoms with E-state index in [0.717, 1.165) is 17.1 Å². The molecule has 0 bridgehead atoms. The lowest BCUT2D eigenvalue weighted by molar-refractivity contribution is 0.413. The molecule has 0 amide bonds. The third-order valence-electron chi connectivity index (χ3n) is 3.40. The maximum Gasteiger partial charge on any atom is 0.125 e. The zero-order valence-electron chi connectivity index (χ0n) is 10.7. The van der Waals surface area contributed by atoms with Gasteiger partial charge in [0.25, 0.3) is 0 Å². The van der Waals surface area contributed by atoms with Crippen LogP contribution in [0.25, 0.3) is 0 Å². The third kappa shape index (κ3) is 1.91. The van der Waals surface area contributed by atoms with Crippen LogP contribution in [-0.2, 0) is 10.2 Å². The molecule has 1 atom stereocenters. The largest absolute Gasteiger partial charge is 0.497 e. The zero-order valence-corrected chi connectivity index (χ0v) is 11.5. The highest BCUT2D eigenvalue weighted by Crippen LogP contribution is 2.49. The Morgan fingerprint density at radius 1 is 1.29 bits per heavy atom. The van der Waals surface area contributed by atoms with Crippen molar-refractivity contribution in [3.63, 3.8) is 0 Å². The molecule has 0 saturated carbocycles. The Labute approximate surface area is 107 Å². The van der Waals surface area contributed by atoms with Crippen LogP contribution in [0.2, 0.25) is 0 Å². The van der Waals surface area contributed by atoms with Crippen molar-refractivity contribution in [1.29, 1.82) is 5.26 Å². The fourth-order valence-electron chi connectivity index (χ4n) is 2.21. The van der Waals surface area contributed by atoms with Gasteiger partial charge in [-0.25, -0.2) is 0 Å². The van der Waals surface area contributed by atoms with Crippen LogP contribution in [-0.4, -0.2) is 12.9 Å². The summed E-state index contributed by atoms with van der Waals surface area (Å²) >= 11 is 1.72. The number of methoxy groups -OCH3 is 1. The molecule has 0 N–H and O–H groups in total. The van der Waals surface area contributed by atoms with Crippen LogP contribution < -0.4 is 4.74 Å². The lowest BCUT2D eigenvalue weighted by Gasteiger charge is -2.39. The van der Waals surface area contributed by atoms with Crippen molar-refractivity contribution in [2.24, 2.45) is 0 Å². The molecule has 0 aromatic heterocycles. The normalized spacial score (nSPS) is 25.8. The molecule has 0 aliphatic carbocycles. The van der Waals surface area contributed by atoms with Crippen molar-refractivity contribution < 1.29 is 4.74 Å². The van der Waals surface area contributed by atoms with Crippen LogP contribution in [0.1, 0.15) is 31.9 Å². The van der Waals surface area contributed by atoms with E-state index >= 15 is 0 Å². The predicted molar refractivity (Wildman–Crippen MR) is 71.4 cm³/mol. The molecule has 0 fully saturated rings. The van der Waals surface area contributed by atoms with E-state index in [4.69, 9.17) is 4.74 Å². The molecule has 17 heavy (non-hydrogen) atoms. The quantitative estimate of drug-likeness (QED) is 0.762. The first-order valence-electron chi connectivity index (χ1n) is 5.67. The monoisotopic (exact) mass is 247 g/mol. The van der Waals surface area contributed by atoms with Gasteiger partial charge in [-0.05, 0) is 35.6 Å². The standard InChI is InChI=1S/C14H17NOS/c1-13(2)9-17-14(3,8-15)12-7-10(16-4)5-6-11(12)13/h5-7H,9H2,1-4H3. The lowest BCUT2D eigenvalue weighted by atomic mass is 9.79. The van der Waals surface area contributed by atoms with Crippen molar-refractivity contribution in [3.8, 4) is 11.8 Å². The number of hydrogen-bond acceptors (Lipinski definition) is 3. The number of benzene rings is 1. The fourth-order valence-corrected chi connectivity index (χ4v) is 3.40. The first kappa shape index (κ1) is 12.3. The van der Waals surface area contributed by atoms with Gasteiger partial charge in [0, 0.05) is 5.75 Å². The summed E-state index contributed by atoms with van der Waals surface area (Å²) in [6.45, 7) is 6.44. The second-order valence-corrected chi connectivity index (χ2v) is 6.62. The van der Waals surface area contributed by atoms with Gasteiger partial charge < -0.3 is 4.74 Å². The van der Waals surface area contributed by atoms with Gasteiger partial charge in [-0.15, -0.1) is 11.8 Å². The summed E-state index contributed by atoms with van der Waals surface area (Å²) in [7, 11) is 1.66. The summed E-state index contributed by atoms with van der Waals surface area (Å²) in [5, 5.41) is 9.42. The van der Waals surface area contributed by atoms with Crippen LogP contribution in [0.5, 0.6) is 5.75 Å². The zero-order chi connectivity index (χ0) is 12.7. The average molecular weight is 247 g/mol. The Bertz CT molecular complexity index is 489. The number of nitriles is 1. The van der Waals surface area contributed by atoms with Gasteiger partial charge in [0.1, 0.15) is 10.5 Å². The Balaban J connectivity index is 2.66. The number of ether oxygens (including phenoxy) is 1. The highest BCUT2D eigenvalue weighted by Gasteiger charge is 2.40. The summed E-state index contributed by atoms with van der Waals surface area (Å²) in [6, 6.07) is 8.52. The molecule has 0 spiro atoms. The van der Waals surface area contributed by atoms with E-state index in [2.05, 4.69) is 26.0 Å². The van der Waals surface area contributed by atoms with E-state index in [0.29, 0.717) is 0 Å². The molecular formula is C14H17NOS. The van der Waals surface area contributed by atoms with Gasteiger partial charge in [-0.3, -0.25) is 0 Å². The highest BCUT2D eigenvalue weighted by atomic mass is 32.2. The molecule has 1 unspecified atom stereocenters. The summed E-state index contributed by atoms with van der Waals surface area (Å²) in [6.07, 6.45) is 0. The molecule has 1 aliphatic rings. The van der Waals surface area contributed by atoms with Crippen LogP contribution >= 0.6 is 11.8 Å². The van der Waals surface area contributed by atoms with E-state index in [1.54, 1.807) is 18.9 Å². The van der Waals surface area contributed by atoms with Crippen LogP contribution in [0, 0.1) is 11.3 Å². The van der Waals surface area contributed by atoms with Gasteiger partial charge >= 0.3 is 0 Å².